The van der Waals surface area contributed by atoms with Crippen molar-refractivity contribution in [3.8, 4) is 22.8 Å². The lowest BCUT2D eigenvalue weighted by molar-refractivity contribution is 0.100. The first kappa shape index (κ1) is 17.8. The number of benzene rings is 2. The lowest BCUT2D eigenvalue weighted by atomic mass is 10.1. The van der Waals surface area contributed by atoms with Gasteiger partial charge in [-0.3, -0.25) is 9.59 Å². The summed E-state index contributed by atoms with van der Waals surface area (Å²) in [6.07, 6.45) is 0.835. The van der Waals surface area contributed by atoms with Crippen molar-refractivity contribution in [1.82, 2.24) is 9.78 Å². The third-order valence-corrected chi connectivity index (χ3v) is 4.48. The van der Waals surface area contributed by atoms with Crippen molar-refractivity contribution < 1.29 is 14.3 Å². The Bertz CT molecular complexity index is 1070. The van der Waals surface area contributed by atoms with E-state index in [0.29, 0.717) is 36.0 Å². The number of amides is 1. The number of fused-ring (bicyclic) bond motifs is 1. The van der Waals surface area contributed by atoms with E-state index in [-0.39, 0.29) is 12.1 Å². The van der Waals surface area contributed by atoms with Gasteiger partial charge in [-0.1, -0.05) is 12.1 Å². The van der Waals surface area contributed by atoms with Crippen LogP contribution in [0.4, 0.5) is 0 Å². The molecule has 2 heterocycles. The van der Waals surface area contributed by atoms with Crippen LogP contribution in [-0.4, -0.2) is 28.9 Å². The molecule has 7 heteroatoms. The van der Waals surface area contributed by atoms with E-state index in [2.05, 4.69) is 5.10 Å². The van der Waals surface area contributed by atoms with Gasteiger partial charge < -0.3 is 15.2 Å². The number of carbonyl (C=O) groups is 1. The summed E-state index contributed by atoms with van der Waals surface area (Å²) in [6, 6.07) is 15.6. The topological polar surface area (TPSA) is 96.4 Å². The Labute approximate surface area is 161 Å². The lowest BCUT2D eigenvalue weighted by Crippen LogP contribution is -2.23. The predicted molar refractivity (Wildman–Crippen MR) is 104 cm³/mol. The standard InChI is InChI=1S/C21H19N3O4/c22-21(26)15-4-2-14(3-5-15)13-24-20(25)9-7-17(23-24)16-6-8-18-19(12-16)28-11-1-10-27-18/h2-9,12H,1,10-11,13H2,(H2,22,26). The first-order valence-electron chi connectivity index (χ1n) is 8.97. The highest BCUT2D eigenvalue weighted by Crippen LogP contribution is 2.33. The first-order valence-corrected chi connectivity index (χ1v) is 8.97. The van der Waals surface area contributed by atoms with Gasteiger partial charge in [0.1, 0.15) is 0 Å². The largest absolute Gasteiger partial charge is 0.490 e. The van der Waals surface area contributed by atoms with Crippen LogP contribution in [0, 0.1) is 0 Å². The molecule has 1 amide bonds. The van der Waals surface area contributed by atoms with E-state index >= 15 is 0 Å². The minimum atomic E-state index is -0.488. The molecule has 0 unspecified atom stereocenters. The molecule has 28 heavy (non-hydrogen) atoms. The van der Waals surface area contributed by atoms with Crippen LogP contribution in [0.3, 0.4) is 0 Å². The maximum Gasteiger partial charge on any atom is 0.267 e. The van der Waals surface area contributed by atoms with E-state index < -0.39 is 5.91 Å². The van der Waals surface area contributed by atoms with Gasteiger partial charge in [0, 0.05) is 23.6 Å². The summed E-state index contributed by atoms with van der Waals surface area (Å²) >= 11 is 0. The molecule has 142 valence electrons. The Balaban J connectivity index is 1.63. The van der Waals surface area contributed by atoms with Crippen LogP contribution in [0.2, 0.25) is 0 Å². The molecule has 7 nitrogen and oxygen atoms in total. The average molecular weight is 377 g/mol. The molecule has 0 saturated carbocycles. The molecule has 4 rings (SSSR count). The number of aromatic nitrogens is 2. The van der Waals surface area contributed by atoms with Crippen LogP contribution in [0.25, 0.3) is 11.3 Å². The summed E-state index contributed by atoms with van der Waals surface area (Å²) in [6.45, 7) is 1.52. The number of carbonyl (C=O) groups excluding carboxylic acids is 1. The Kier molecular flexibility index (Phi) is 4.80. The van der Waals surface area contributed by atoms with Crippen molar-refractivity contribution in [3.63, 3.8) is 0 Å². The molecule has 1 aliphatic heterocycles. The third-order valence-electron chi connectivity index (χ3n) is 4.48. The van der Waals surface area contributed by atoms with Crippen molar-refractivity contribution in [3.05, 3.63) is 76.1 Å². The first-order chi connectivity index (χ1) is 13.6. The highest BCUT2D eigenvalue weighted by Gasteiger charge is 2.13. The van der Waals surface area contributed by atoms with Gasteiger partial charge in [0.2, 0.25) is 5.91 Å². The van der Waals surface area contributed by atoms with Gasteiger partial charge in [0.05, 0.1) is 25.5 Å². The van der Waals surface area contributed by atoms with Crippen molar-refractivity contribution in [2.75, 3.05) is 13.2 Å². The SMILES string of the molecule is NC(=O)c1ccc(Cn2nc(-c3ccc4c(c3)OCCCO4)ccc2=O)cc1. The normalized spacial score (nSPS) is 13.0. The van der Waals surface area contributed by atoms with E-state index in [1.807, 2.05) is 18.2 Å². The van der Waals surface area contributed by atoms with Crippen LogP contribution in [0.15, 0.2) is 59.4 Å². The Morgan fingerprint density at radius 1 is 1.00 bits per heavy atom. The van der Waals surface area contributed by atoms with Gasteiger partial charge in [-0.25, -0.2) is 4.68 Å². The molecule has 0 saturated heterocycles. The fraction of sp³-hybridized carbons (Fsp3) is 0.190. The molecular weight excluding hydrogens is 358 g/mol. The van der Waals surface area contributed by atoms with Gasteiger partial charge in [0.25, 0.3) is 5.56 Å². The molecule has 2 N–H and O–H groups in total. The number of rotatable bonds is 4. The molecular formula is C21H19N3O4. The number of nitrogens with zero attached hydrogens (tertiary/aromatic N) is 2. The Hall–Kier alpha value is -3.61. The number of primary amides is 1. The van der Waals surface area contributed by atoms with Crippen molar-refractivity contribution in [2.45, 2.75) is 13.0 Å². The Morgan fingerprint density at radius 3 is 2.50 bits per heavy atom. The smallest absolute Gasteiger partial charge is 0.267 e. The minimum absolute atomic E-state index is 0.211. The zero-order valence-corrected chi connectivity index (χ0v) is 15.1. The summed E-state index contributed by atoms with van der Waals surface area (Å²) in [7, 11) is 0. The van der Waals surface area contributed by atoms with Crippen LogP contribution in [0.1, 0.15) is 22.3 Å². The van der Waals surface area contributed by atoms with E-state index in [1.54, 1.807) is 30.3 Å². The van der Waals surface area contributed by atoms with E-state index in [1.165, 1.54) is 10.7 Å². The molecule has 0 spiro atoms. The summed E-state index contributed by atoms with van der Waals surface area (Å²) < 4.78 is 12.8. The van der Waals surface area contributed by atoms with Gasteiger partial charge in [-0.05, 0) is 42.0 Å². The molecule has 0 radical (unpaired) electrons. The maximum atomic E-state index is 12.2. The van der Waals surface area contributed by atoms with E-state index in [4.69, 9.17) is 15.2 Å². The van der Waals surface area contributed by atoms with Crippen molar-refractivity contribution in [2.24, 2.45) is 5.73 Å². The predicted octanol–water partition coefficient (Wildman–Crippen LogP) is 2.22. The lowest BCUT2D eigenvalue weighted by Gasteiger charge is -2.11. The van der Waals surface area contributed by atoms with Crippen LogP contribution >= 0.6 is 0 Å². The minimum Gasteiger partial charge on any atom is -0.490 e. The fourth-order valence-electron chi connectivity index (χ4n) is 2.99. The maximum absolute atomic E-state index is 12.2. The second-order valence-electron chi connectivity index (χ2n) is 6.49. The summed E-state index contributed by atoms with van der Waals surface area (Å²) in [5.74, 6) is 0.902. The van der Waals surface area contributed by atoms with Crippen molar-refractivity contribution >= 4 is 5.91 Å². The number of hydrogen-bond donors (Lipinski definition) is 1. The summed E-state index contributed by atoms with van der Waals surface area (Å²) in [4.78, 5) is 23.4. The molecule has 0 atom stereocenters. The van der Waals surface area contributed by atoms with Crippen LogP contribution < -0.4 is 20.8 Å². The fourth-order valence-corrected chi connectivity index (χ4v) is 2.99. The molecule has 0 bridgehead atoms. The van der Waals surface area contributed by atoms with Gasteiger partial charge in [-0.2, -0.15) is 5.10 Å². The summed E-state index contributed by atoms with van der Waals surface area (Å²) in [5.41, 5.74) is 7.80. The quantitative estimate of drug-likeness (QED) is 0.752. The van der Waals surface area contributed by atoms with E-state index in [0.717, 1.165) is 17.5 Å². The molecule has 1 aromatic heterocycles. The number of hydrogen-bond acceptors (Lipinski definition) is 5. The highest BCUT2D eigenvalue weighted by molar-refractivity contribution is 5.92. The van der Waals surface area contributed by atoms with Crippen LogP contribution in [-0.2, 0) is 6.54 Å². The second kappa shape index (κ2) is 7.56. The second-order valence-corrected chi connectivity index (χ2v) is 6.49. The zero-order chi connectivity index (χ0) is 19.5. The molecule has 0 fully saturated rings. The molecule has 0 aliphatic carbocycles. The van der Waals surface area contributed by atoms with Crippen molar-refractivity contribution in [1.29, 1.82) is 0 Å². The van der Waals surface area contributed by atoms with Gasteiger partial charge in [0.15, 0.2) is 11.5 Å². The molecule has 2 aromatic carbocycles. The average Bonchev–Trinajstić information content (AvgIpc) is 2.95. The molecule has 1 aliphatic rings. The monoisotopic (exact) mass is 377 g/mol. The van der Waals surface area contributed by atoms with Gasteiger partial charge >= 0.3 is 0 Å². The zero-order valence-electron chi connectivity index (χ0n) is 15.1. The number of nitrogens with two attached hydrogens (primary N) is 1. The summed E-state index contributed by atoms with van der Waals surface area (Å²) in [5, 5.41) is 4.48. The Morgan fingerprint density at radius 2 is 1.75 bits per heavy atom. The molecule has 3 aromatic rings. The third kappa shape index (κ3) is 3.73. The van der Waals surface area contributed by atoms with Gasteiger partial charge in [-0.15, -0.1) is 0 Å². The number of ether oxygens (including phenoxy) is 2. The van der Waals surface area contributed by atoms with E-state index in [9.17, 15) is 9.59 Å². The van der Waals surface area contributed by atoms with Crippen LogP contribution in [0.5, 0.6) is 11.5 Å². The highest BCUT2D eigenvalue weighted by atomic mass is 16.5.